The fourth-order valence-corrected chi connectivity index (χ4v) is 4.09. The molecule has 0 radical (unpaired) electrons. The van der Waals surface area contributed by atoms with Crippen LogP contribution in [-0.4, -0.2) is 20.9 Å². The van der Waals surface area contributed by atoms with E-state index >= 15 is 0 Å². The lowest BCUT2D eigenvalue weighted by Gasteiger charge is -2.22. The molecule has 1 atom stereocenters. The Bertz CT molecular complexity index is 939. The first-order valence-electron chi connectivity index (χ1n) is 10.6. The maximum atomic E-state index is 15.0. The third-order valence-corrected chi connectivity index (χ3v) is 5.44. The average molecular weight is 406 g/mol. The van der Waals surface area contributed by atoms with Crippen molar-refractivity contribution in [3.05, 3.63) is 34.0 Å². The summed E-state index contributed by atoms with van der Waals surface area (Å²) < 4.78 is 17.8. The Morgan fingerprint density at radius 3 is 2.28 bits per heavy atom. The van der Waals surface area contributed by atoms with Crippen molar-refractivity contribution < 1.29 is 14.0 Å². The van der Waals surface area contributed by atoms with E-state index in [9.17, 15) is 18.8 Å². The molecule has 0 bridgehead atoms. The van der Waals surface area contributed by atoms with E-state index in [4.69, 9.17) is 0 Å². The van der Waals surface area contributed by atoms with Crippen molar-refractivity contribution in [2.75, 3.05) is 0 Å². The molecule has 1 aliphatic heterocycles. The summed E-state index contributed by atoms with van der Waals surface area (Å²) in [5.41, 5.74) is 1.25. The van der Waals surface area contributed by atoms with Crippen LogP contribution >= 0.6 is 0 Å². The number of rotatable bonds is 6. The van der Waals surface area contributed by atoms with Crippen molar-refractivity contribution in [3.8, 4) is 0 Å². The second-order valence-corrected chi connectivity index (χ2v) is 7.32. The molecule has 1 aromatic carbocycles. The molecule has 1 aliphatic rings. The number of fused-ring (bicyclic) bond motifs is 1. The van der Waals surface area contributed by atoms with Gasteiger partial charge >= 0.3 is 5.69 Å². The number of nitrogens with zero attached hydrogens (tertiary/aromatic N) is 2. The largest absolute Gasteiger partial charge is 0.329 e. The summed E-state index contributed by atoms with van der Waals surface area (Å²) in [7, 11) is 1.63. The van der Waals surface area contributed by atoms with Gasteiger partial charge in [-0.05, 0) is 36.8 Å². The maximum absolute atomic E-state index is 15.0. The third kappa shape index (κ3) is 4.43. The van der Waals surface area contributed by atoms with E-state index < -0.39 is 11.9 Å². The number of imide groups is 1. The molecule has 3 rings (SSSR count). The Morgan fingerprint density at radius 2 is 1.72 bits per heavy atom. The minimum absolute atomic E-state index is 0.110. The molecule has 6 nitrogen and oxygen atoms in total. The van der Waals surface area contributed by atoms with E-state index in [2.05, 4.69) is 19.2 Å². The molecule has 0 aliphatic carbocycles. The molecule has 0 saturated carbocycles. The van der Waals surface area contributed by atoms with Gasteiger partial charge in [-0.2, -0.15) is 0 Å². The van der Waals surface area contributed by atoms with Crippen molar-refractivity contribution in [1.82, 2.24) is 14.5 Å². The quantitative estimate of drug-likeness (QED) is 0.733. The number of hydrogen-bond acceptors (Lipinski definition) is 3. The third-order valence-electron chi connectivity index (χ3n) is 5.44. The number of hydrogen-bond donors (Lipinski definition) is 1. The maximum Gasteiger partial charge on any atom is 0.329 e. The van der Waals surface area contributed by atoms with Gasteiger partial charge in [0.05, 0.1) is 11.0 Å². The number of piperidine rings is 1. The van der Waals surface area contributed by atoms with Crippen molar-refractivity contribution in [2.24, 2.45) is 7.05 Å². The average Bonchev–Trinajstić information content (AvgIpc) is 2.93. The zero-order chi connectivity index (χ0) is 21.7. The van der Waals surface area contributed by atoms with Crippen LogP contribution in [-0.2, 0) is 16.6 Å². The molecule has 160 valence electrons. The van der Waals surface area contributed by atoms with Gasteiger partial charge in [0.25, 0.3) is 0 Å². The van der Waals surface area contributed by atoms with Gasteiger partial charge in [-0.3, -0.25) is 24.0 Å². The highest BCUT2D eigenvalue weighted by atomic mass is 19.1. The number of carbonyl (C=O) groups excluding carboxylic acids is 2. The first-order valence-corrected chi connectivity index (χ1v) is 10.6. The van der Waals surface area contributed by atoms with Gasteiger partial charge in [0, 0.05) is 19.5 Å². The van der Waals surface area contributed by atoms with Gasteiger partial charge in [-0.15, -0.1) is 0 Å². The van der Waals surface area contributed by atoms with Crippen molar-refractivity contribution in [3.63, 3.8) is 0 Å². The zero-order valence-electron chi connectivity index (χ0n) is 18.0. The molecule has 2 aromatic rings. The topological polar surface area (TPSA) is 73.1 Å². The van der Waals surface area contributed by atoms with Crippen LogP contribution in [0.4, 0.5) is 4.39 Å². The normalized spacial score (nSPS) is 16.7. The predicted molar refractivity (Wildman–Crippen MR) is 112 cm³/mol. The Kier molecular flexibility index (Phi) is 7.76. The van der Waals surface area contributed by atoms with E-state index in [-0.39, 0.29) is 36.2 Å². The summed E-state index contributed by atoms with van der Waals surface area (Å²) in [6, 6.07) is 2.32. The van der Waals surface area contributed by atoms with Crippen molar-refractivity contribution in [2.45, 2.75) is 78.2 Å². The van der Waals surface area contributed by atoms with Crippen LogP contribution in [0.5, 0.6) is 0 Å². The monoisotopic (exact) mass is 405 g/mol. The van der Waals surface area contributed by atoms with Crippen LogP contribution in [0.3, 0.4) is 0 Å². The lowest BCUT2D eigenvalue weighted by atomic mass is 9.89. The molecule has 1 N–H and O–H groups in total. The van der Waals surface area contributed by atoms with Crippen LogP contribution < -0.4 is 11.0 Å². The number of imidazole rings is 1. The second kappa shape index (κ2) is 9.85. The second-order valence-electron chi connectivity index (χ2n) is 7.32. The number of carbonyl (C=O) groups is 2. The first kappa shape index (κ1) is 22.8. The molecular formula is C22H32FN3O3. The van der Waals surface area contributed by atoms with E-state index in [0.29, 0.717) is 16.6 Å². The predicted octanol–water partition coefficient (Wildman–Crippen LogP) is 4.17. The minimum Gasteiger partial charge on any atom is -0.295 e. The highest BCUT2D eigenvalue weighted by molar-refractivity contribution is 6.00. The van der Waals surface area contributed by atoms with Crippen LogP contribution in [0, 0.1) is 5.82 Å². The number of amides is 2. The number of aryl methyl sites for hydroxylation is 1. The van der Waals surface area contributed by atoms with Crippen LogP contribution in [0.25, 0.3) is 11.0 Å². The molecule has 1 unspecified atom stereocenters. The summed E-state index contributed by atoms with van der Waals surface area (Å²) in [6.07, 6.45) is 4.09. The fourth-order valence-electron chi connectivity index (χ4n) is 4.09. The van der Waals surface area contributed by atoms with Gasteiger partial charge in [0.1, 0.15) is 11.9 Å². The number of benzene rings is 1. The van der Waals surface area contributed by atoms with Crippen LogP contribution in [0.2, 0.25) is 0 Å². The van der Waals surface area contributed by atoms with Crippen molar-refractivity contribution in [1.29, 1.82) is 0 Å². The van der Waals surface area contributed by atoms with E-state index in [1.807, 2.05) is 13.8 Å². The highest BCUT2D eigenvalue weighted by Crippen LogP contribution is 2.32. The molecule has 2 amide bonds. The highest BCUT2D eigenvalue weighted by Gasteiger charge is 2.31. The molecule has 2 heterocycles. The summed E-state index contributed by atoms with van der Waals surface area (Å²) in [4.78, 5) is 36.5. The Hall–Kier alpha value is -2.44. The Morgan fingerprint density at radius 1 is 1.10 bits per heavy atom. The molecule has 1 aromatic heterocycles. The lowest BCUT2D eigenvalue weighted by Crippen LogP contribution is -2.44. The van der Waals surface area contributed by atoms with E-state index in [1.54, 1.807) is 13.1 Å². The van der Waals surface area contributed by atoms with E-state index in [1.165, 1.54) is 15.2 Å². The molecule has 1 saturated heterocycles. The van der Waals surface area contributed by atoms with Crippen LogP contribution in [0.1, 0.15) is 83.7 Å². The molecular weight excluding hydrogens is 373 g/mol. The lowest BCUT2D eigenvalue weighted by molar-refractivity contribution is -0.135. The Labute approximate surface area is 171 Å². The summed E-state index contributed by atoms with van der Waals surface area (Å²) in [5.74, 6) is -1.10. The first-order chi connectivity index (χ1) is 13.9. The van der Waals surface area contributed by atoms with Gasteiger partial charge < -0.3 is 0 Å². The fraction of sp³-hybridized carbons (Fsp3) is 0.591. The molecule has 29 heavy (non-hydrogen) atoms. The zero-order valence-corrected chi connectivity index (χ0v) is 18.0. The van der Waals surface area contributed by atoms with Crippen LogP contribution in [0.15, 0.2) is 16.9 Å². The minimum atomic E-state index is -0.800. The van der Waals surface area contributed by atoms with Gasteiger partial charge in [-0.25, -0.2) is 9.18 Å². The smallest absolute Gasteiger partial charge is 0.295 e. The summed E-state index contributed by atoms with van der Waals surface area (Å²) in [5, 5.41) is 2.27. The number of halogens is 1. The molecule has 1 fully saturated rings. The van der Waals surface area contributed by atoms with E-state index in [0.717, 1.165) is 25.7 Å². The SMILES string of the molecule is CC.CCCC(CCC)c1cc2c(cc1F)n(C1CCC(=O)NC1=O)c(=O)n2C. The van der Waals surface area contributed by atoms with Gasteiger partial charge in [0.15, 0.2) is 0 Å². The van der Waals surface area contributed by atoms with Gasteiger partial charge in [0.2, 0.25) is 11.8 Å². The summed E-state index contributed by atoms with van der Waals surface area (Å²) in [6.45, 7) is 8.16. The molecule has 0 spiro atoms. The van der Waals surface area contributed by atoms with Crippen molar-refractivity contribution >= 4 is 22.8 Å². The van der Waals surface area contributed by atoms with Gasteiger partial charge in [-0.1, -0.05) is 40.5 Å². The number of nitrogens with one attached hydrogen (secondary N) is 1. The molecule has 7 heteroatoms. The number of aromatic nitrogens is 2. The standard InChI is InChI=1S/C20H26FN3O3.C2H6/c1-4-6-12(7-5-2)13-10-16-17(11-14(13)21)24(20(27)23(16)3)15-8-9-18(25)22-19(15)26;1-2/h10-12,15H,4-9H2,1-3H3,(H,22,25,26);1-2H3. The summed E-state index contributed by atoms with van der Waals surface area (Å²) >= 11 is 0. The Balaban J connectivity index is 0.00000145.